The van der Waals surface area contributed by atoms with Crippen molar-refractivity contribution in [1.29, 1.82) is 0 Å². The van der Waals surface area contributed by atoms with Gasteiger partial charge >= 0.3 is 5.97 Å². The van der Waals surface area contributed by atoms with Gasteiger partial charge in [0.2, 0.25) is 0 Å². The Morgan fingerprint density at radius 1 is 1.11 bits per heavy atom. The number of halogens is 1. The molecular formula is C28H29BrN4O3. The van der Waals surface area contributed by atoms with E-state index in [2.05, 4.69) is 36.5 Å². The Hall–Kier alpha value is -3.26. The number of fused-ring (bicyclic) bond motifs is 1. The number of nitrogens with zero attached hydrogens (tertiary/aromatic N) is 2. The van der Waals surface area contributed by atoms with Gasteiger partial charge in [0.15, 0.2) is 5.78 Å². The summed E-state index contributed by atoms with van der Waals surface area (Å²) in [7, 11) is 0. The number of carbonyl (C=O) groups excluding carboxylic acids is 2. The first kappa shape index (κ1) is 24.4. The van der Waals surface area contributed by atoms with Gasteiger partial charge in [-0.3, -0.25) is 9.78 Å². The van der Waals surface area contributed by atoms with Crippen LogP contribution in [0, 0.1) is 5.41 Å². The summed E-state index contributed by atoms with van der Waals surface area (Å²) in [5.74, 6) is 0.578. The molecule has 186 valence electrons. The average Bonchev–Trinajstić information content (AvgIpc) is 2.92. The molecule has 1 aromatic carbocycles. The molecule has 5 rings (SSSR count). The van der Waals surface area contributed by atoms with Crippen LogP contribution in [0.3, 0.4) is 0 Å². The molecule has 2 aliphatic carbocycles. The maximum absolute atomic E-state index is 12.9. The number of benzene rings is 1. The normalized spacial score (nSPS) is 17.6. The molecular weight excluding hydrogens is 520 g/mol. The number of aromatic nitrogens is 2. The second-order valence-electron chi connectivity index (χ2n) is 9.39. The topological polar surface area (TPSA) is 93.2 Å². The molecule has 2 N–H and O–H groups in total. The summed E-state index contributed by atoms with van der Waals surface area (Å²) < 4.78 is 5.94. The van der Waals surface area contributed by atoms with Crippen molar-refractivity contribution in [3.05, 3.63) is 70.7 Å². The summed E-state index contributed by atoms with van der Waals surface area (Å²) in [6.07, 6.45) is 10.6. The molecule has 7 nitrogen and oxygen atoms in total. The molecule has 0 radical (unpaired) electrons. The van der Waals surface area contributed by atoms with Gasteiger partial charge < -0.3 is 15.4 Å². The summed E-state index contributed by atoms with van der Waals surface area (Å²) >= 11 is 3.46. The molecule has 0 saturated heterocycles. The molecule has 0 amide bonds. The Kier molecular flexibility index (Phi) is 7.05. The van der Waals surface area contributed by atoms with Gasteiger partial charge in [-0.1, -0.05) is 31.4 Å². The number of carbonyl (C=O) groups is 2. The van der Waals surface area contributed by atoms with Gasteiger partial charge in [0, 0.05) is 41.8 Å². The van der Waals surface area contributed by atoms with E-state index >= 15 is 0 Å². The number of esters is 1. The van der Waals surface area contributed by atoms with Crippen LogP contribution in [-0.2, 0) is 20.7 Å². The number of allylic oxidation sites excluding steroid dienone is 2. The molecule has 2 heterocycles. The van der Waals surface area contributed by atoms with Crippen LogP contribution >= 0.6 is 15.9 Å². The number of Topliss-reactive ketones (excluding diaryl/α,β-unsaturated/α-hetero) is 1. The van der Waals surface area contributed by atoms with Gasteiger partial charge in [-0.15, -0.1) is 0 Å². The number of ketones is 1. The third kappa shape index (κ3) is 4.62. The minimum absolute atomic E-state index is 0.153. The van der Waals surface area contributed by atoms with Crippen molar-refractivity contribution < 1.29 is 14.3 Å². The monoisotopic (exact) mass is 548 g/mol. The Balaban J connectivity index is 1.33. The predicted molar refractivity (Wildman–Crippen MR) is 143 cm³/mol. The highest BCUT2D eigenvalue weighted by Crippen LogP contribution is 2.53. The number of hydrogen-bond acceptors (Lipinski definition) is 7. The van der Waals surface area contributed by atoms with Crippen molar-refractivity contribution in [3.8, 4) is 0 Å². The van der Waals surface area contributed by atoms with Crippen LogP contribution < -0.4 is 10.6 Å². The average molecular weight is 549 g/mol. The van der Waals surface area contributed by atoms with Crippen LogP contribution in [0.1, 0.15) is 44.6 Å². The first-order chi connectivity index (χ1) is 17.5. The highest BCUT2D eigenvalue weighted by molar-refractivity contribution is 9.12. The summed E-state index contributed by atoms with van der Waals surface area (Å²) in [5, 5.41) is 8.78. The minimum atomic E-state index is -0.580. The molecule has 0 bridgehead atoms. The van der Waals surface area contributed by atoms with Crippen molar-refractivity contribution in [2.24, 2.45) is 5.41 Å². The molecule has 0 aliphatic heterocycles. The third-order valence-corrected chi connectivity index (χ3v) is 7.91. The van der Waals surface area contributed by atoms with E-state index in [-0.39, 0.29) is 11.8 Å². The molecule has 2 aliphatic rings. The largest absolute Gasteiger partial charge is 0.464 e. The molecule has 0 unspecified atom stereocenters. The zero-order valence-corrected chi connectivity index (χ0v) is 21.8. The summed E-state index contributed by atoms with van der Waals surface area (Å²) in [6.45, 7) is 2.11. The van der Waals surface area contributed by atoms with E-state index in [1.165, 1.54) is 0 Å². The van der Waals surface area contributed by atoms with Gasteiger partial charge in [-0.05, 0) is 70.9 Å². The van der Waals surface area contributed by atoms with E-state index in [0.29, 0.717) is 17.5 Å². The zero-order chi connectivity index (χ0) is 25.1. The molecule has 1 saturated carbocycles. The van der Waals surface area contributed by atoms with Gasteiger partial charge in [0.25, 0.3) is 0 Å². The van der Waals surface area contributed by atoms with E-state index in [4.69, 9.17) is 4.74 Å². The number of nitrogens with one attached hydrogen (secondary N) is 2. The van der Waals surface area contributed by atoms with Gasteiger partial charge in [0.1, 0.15) is 11.9 Å². The number of anilines is 2. The molecule has 8 heteroatoms. The lowest BCUT2D eigenvalue weighted by Gasteiger charge is -2.46. The second kappa shape index (κ2) is 10.4. The maximum Gasteiger partial charge on any atom is 0.328 e. The first-order valence-corrected chi connectivity index (χ1v) is 13.2. The van der Waals surface area contributed by atoms with E-state index in [1.807, 2.05) is 36.4 Å². The van der Waals surface area contributed by atoms with E-state index in [9.17, 15) is 9.59 Å². The van der Waals surface area contributed by atoms with Crippen molar-refractivity contribution in [1.82, 2.24) is 15.3 Å². The molecule has 1 atom stereocenters. The molecule has 1 fully saturated rings. The van der Waals surface area contributed by atoms with Crippen LogP contribution in [0.2, 0.25) is 0 Å². The van der Waals surface area contributed by atoms with Crippen molar-refractivity contribution in [2.45, 2.75) is 51.5 Å². The number of pyridine rings is 2. The SMILES string of the molecule is CCOC(=O)[C@H](Cc1ccc(Nc2nccc3ccncc23)cc1)NC1=C(Br)C(=O)C12CCCCC2. The Bertz CT molecular complexity index is 1310. The van der Waals surface area contributed by atoms with Crippen LogP contribution in [0.15, 0.2) is 65.2 Å². The Labute approximate surface area is 218 Å². The first-order valence-electron chi connectivity index (χ1n) is 12.4. The molecule has 3 aromatic rings. The highest BCUT2D eigenvalue weighted by Gasteiger charge is 2.53. The fraction of sp³-hybridized carbons (Fsp3) is 0.357. The Morgan fingerprint density at radius 3 is 2.61 bits per heavy atom. The fourth-order valence-electron chi connectivity index (χ4n) is 5.24. The molecule has 2 aromatic heterocycles. The summed E-state index contributed by atoms with van der Waals surface area (Å²) in [6, 6.07) is 11.3. The van der Waals surface area contributed by atoms with Crippen LogP contribution in [0.4, 0.5) is 11.5 Å². The Morgan fingerprint density at radius 2 is 1.86 bits per heavy atom. The van der Waals surface area contributed by atoms with Crippen LogP contribution in [0.5, 0.6) is 0 Å². The van der Waals surface area contributed by atoms with Gasteiger partial charge in [-0.2, -0.15) is 0 Å². The summed E-state index contributed by atoms with van der Waals surface area (Å²) in [5.41, 5.74) is 2.26. The standard InChI is InChI=1S/C28H29BrN4O3/c1-2-36-27(35)22(33-24-23(29)25(34)28(24)12-4-3-5-13-28)16-18-6-8-20(9-7-18)32-26-21-17-30-14-10-19(21)11-15-31-26/h6-11,14-15,17,22,33H,2-5,12-13,16H2,1H3,(H,31,32)/t22-/m0/s1. The van der Waals surface area contributed by atoms with Crippen molar-refractivity contribution >= 4 is 50.0 Å². The van der Waals surface area contributed by atoms with E-state index < -0.39 is 11.5 Å². The minimum Gasteiger partial charge on any atom is -0.464 e. The van der Waals surface area contributed by atoms with Crippen LogP contribution in [0.25, 0.3) is 10.8 Å². The lowest BCUT2D eigenvalue weighted by molar-refractivity contribution is -0.146. The smallest absolute Gasteiger partial charge is 0.328 e. The van der Waals surface area contributed by atoms with Gasteiger partial charge in [-0.25, -0.2) is 9.78 Å². The summed E-state index contributed by atoms with van der Waals surface area (Å²) in [4.78, 5) is 34.3. The zero-order valence-electron chi connectivity index (χ0n) is 20.2. The lowest BCUT2D eigenvalue weighted by atomic mass is 9.62. The van der Waals surface area contributed by atoms with E-state index in [1.54, 1.807) is 25.5 Å². The molecule has 1 spiro atoms. The van der Waals surface area contributed by atoms with Crippen molar-refractivity contribution in [2.75, 3.05) is 11.9 Å². The van der Waals surface area contributed by atoms with E-state index in [0.717, 1.165) is 65.6 Å². The highest BCUT2D eigenvalue weighted by atomic mass is 79.9. The lowest BCUT2D eigenvalue weighted by Crippen LogP contribution is -2.53. The third-order valence-electron chi connectivity index (χ3n) is 7.15. The van der Waals surface area contributed by atoms with Crippen LogP contribution in [-0.4, -0.2) is 34.4 Å². The van der Waals surface area contributed by atoms with Crippen molar-refractivity contribution in [3.63, 3.8) is 0 Å². The van der Waals surface area contributed by atoms with Gasteiger partial charge in [0.05, 0.1) is 16.5 Å². The number of rotatable bonds is 8. The quantitative estimate of drug-likeness (QED) is 0.355. The predicted octanol–water partition coefficient (Wildman–Crippen LogP) is 5.58. The maximum atomic E-state index is 12.9. The number of ether oxygens (including phenoxy) is 1. The second-order valence-corrected chi connectivity index (χ2v) is 10.2. The number of hydrogen-bond donors (Lipinski definition) is 2. The fourth-order valence-corrected chi connectivity index (χ4v) is 6.11. The molecule has 36 heavy (non-hydrogen) atoms.